The maximum absolute atomic E-state index is 13.1. The molecule has 1 amide bonds. The summed E-state index contributed by atoms with van der Waals surface area (Å²) in [4.78, 5) is 29.3. The van der Waals surface area contributed by atoms with Gasteiger partial charge >= 0.3 is 0 Å². The number of para-hydroxylation sites is 1. The molecular weight excluding hydrogens is 328 g/mol. The van der Waals surface area contributed by atoms with Crippen molar-refractivity contribution in [1.82, 2.24) is 9.88 Å². The van der Waals surface area contributed by atoms with Gasteiger partial charge in [-0.05, 0) is 18.9 Å². The van der Waals surface area contributed by atoms with E-state index in [-0.39, 0.29) is 29.0 Å². The van der Waals surface area contributed by atoms with E-state index in [0.717, 1.165) is 6.42 Å². The molecule has 2 heterocycles. The third-order valence-electron chi connectivity index (χ3n) is 4.36. The van der Waals surface area contributed by atoms with Gasteiger partial charge in [-0.15, -0.1) is 0 Å². The fraction of sp³-hybridized carbons (Fsp3) is 0.412. The van der Waals surface area contributed by atoms with Crippen LogP contribution in [0.5, 0.6) is 0 Å². The lowest BCUT2D eigenvalue weighted by Crippen LogP contribution is -2.42. The Morgan fingerprint density at radius 2 is 2.08 bits per heavy atom. The van der Waals surface area contributed by atoms with E-state index in [1.807, 2.05) is 13.0 Å². The molecule has 1 aliphatic heterocycles. The summed E-state index contributed by atoms with van der Waals surface area (Å²) in [5.74, 6) is -0.164. The van der Waals surface area contributed by atoms with Crippen LogP contribution < -0.4 is 5.56 Å². The summed E-state index contributed by atoms with van der Waals surface area (Å²) in [6, 6.07) is 8.12. The number of hydrogen-bond donors (Lipinski definition) is 1. The molecule has 1 atom stereocenters. The number of sulfone groups is 1. The zero-order valence-corrected chi connectivity index (χ0v) is 14.3. The molecule has 0 aliphatic carbocycles. The van der Waals surface area contributed by atoms with Crippen molar-refractivity contribution in [3.05, 3.63) is 46.2 Å². The molecule has 24 heavy (non-hydrogen) atoms. The highest BCUT2D eigenvalue weighted by Crippen LogP contribution is 2.23. The molecule has 2 aromatic rings. The Morgan fingerprint density at radius 3 is 2.75 bits per heavy atom. The van der Waals surface area contributed by atoms with E-state index in [1.165, 1.54) is 6.07 Å². The van der Waals surface area contributed by atoms with E-state index < -0.39 is 9.84 Å². The number of nitrogens with zero attached hydrogens (tertiary/aromatic N) is 1. The molecule has 3 rings (SSSR count). The van der Waals surface area contributed by atoms with Gasteiger partial charge in [0.2, 0.25) is 5.56 Å². The van der Waals surface area contributed by atoms with Gasteiger partial charge in [0.05, 0.1) is 17.1 Å². The molecule has 0 bridgehead atoms. The van der Waals surface area contributed by atoms with Crippen molar-refractivity contribution < 1.29 is 13.2 Å². The minimum atomic E-state index is -3.09. The molecule has 1 aliphatic rings. The van der Waals surface area contributed by atoms with Crippen molar-refractivity contribution in [3.63, 3.8) is 0 Å². The fourth-order valence-corrected chi connectivity index (χ4v) is 4.98. The molecule has 1 fully saturated rings. The van der Waals surface area contributed by atoms with Crippen molar-refractivity contribution in [2.24, 2.45) is 0 Å². The number of rotatable bonds is 4. The third kappa shape index (κ3) is 3.21. The monoisotopic (exact) mass is 348 g/mol. The van der Waals surface area contributed by atoms with Crippen LogP contribution in [0.15, 0.2) is 35.1 Å². The SMILES string of the molecule is CCCN(C(=O)c1cc(=O)[nH]c2ccccc12)[C@H]1CCS(=O)(=O)C1. The van der Waals surface area contributed by atoms with Gasteiger partial charge in [0, 0.05) is 29.6 Å². The van der Waals surface area contributed by atoms with E-state index in [1.54, 1.807) is 23.1 Å². The largest absolute Gasteiger partial charge is 0.335 e. The molecule has 0 radical (unpaired) electrons. The zero-order chi connectivity index (χ0) is 17.3. The van der Waals surface area contributed by atoms with Gasteiger partial charge in [0.25, 0.3) is 5.91 Å². The summed E-state index contributed by atoms with van der Waals surface area (Å²) in [6.45, 7) is 2.42. The first-order chi connectivity index (χ1) is 11.4. The molecule has 1 N–H and O–H groups in total. The number of aromatic nitrogens is 1. The van der Waals surface area contributed by atoms with Crippen LogP contribution in [0.3, 0.4) is 0 Å². The van der Waals surface area contributed by atoms with E-state index in [4.69, 9.17) is 0 Å². The standard InChI is InChI=1S/C17H20N2O4S/c1-2-8-19(12-7-9-24(22,23)11-12)17(21)14-10-16(20)18-15-6-4-3-5-13(14)15/h3-6,10,12H,2,7-9,11H2,1H3,(H,18,20)/t12-/m0/s1. The van der Waals surface area contributed by atoms with Crippen molar-refractivity contribution in [1.29, 1.82) is 0 Å². The molecule has 128 valence electrons. The summed E-state index contributed by atoms with van der Waals surface area (Å²) in [5, 5.41) is 0.670. The van der Waals surface area contributed by atoms with Crippen molar-refractivity contribution in [2.75, 3.05) is 18.1 Å². The Labute approximate surface area is 140 Å². The first-order valence-corrected chi connectivity index (χ1v) is 9.87. The second kappa shape index (κ2) is 6.39. The Kier molecular flexibility index (Phi) is 4.45. The smallest absolute Gasteiger partial charge is 0.255 e. The number of aromatic amines is 1. The molecule has 1 aromatic carbocycles. The van der Waals surface area contributed by atoms with E-state index in [0.29, 0.717) is 29.4 Å². The quantitative estimate of drug-likeness (QED) is 0.908. The minimum absolute atomic E-state index is 0.000136. The molecule has 0 saturated carbocycles. The van der Waals surface area contributed by atoms with Crippen LogP contribution in [0, 0.1) is 0 Å². The van der Waals surface area contributed by atoms with Crippen LogP contribution in [0.1, 0.15) is 30.1 Å². The number of amides is 1. The highest BCUT2D eigenvalue weighted by molar-refractivity contribution is 7.91. The normalized spacial score (nSPS) is 19.5. The Bertz CT molecular complexity index is 933. The second-order valence-electron chi connectivity index (χ2n) is 6.15. The average molecular weight is 348 g/mol. The predicted octanol–water partition coefficient (Wildman–Crippen LogP) is 1.57. The predicted molar refractivity (Wildman–Crippen MR) is 93.0 cm³/mol. The number of pyridine rings is 1. The highest BCUT2D eigenvalue weighted by Gasteiger charge is 2.35. The number of H-pyrrole nitrogens is 1. The Morgan fingerprint density at radius 1 is 1.33 bits per heavy atom. The number of nitrogens with one attached hydrogen (secondary N) is 1. The average Bonchev–Trinajstić information content (AvgIpc) is 2.90. The van der Waals surface area contributed by atoms with Crippen LogP contribution in [-0.2, 0) is 9.84 Å². The van der Waals surface area contributed by atoms with Crippen molar-refractivity contribution >= 4 is 26.6 Å². The number of fused-ring (bicyclic) bond motifs is 1. The summed E-state index contributed by atoms with van der Waals surface area (Å²) >= 11 is 0. The number of benzene rings is 1. The lowest BCUT2D eigenvalue weighted by molar-refractivity contribution is 0.0699. The van der Waals surface area contributed by atoms with Crippen molar-refractivity contribution in [2.45, 2.75) is 25.8 Å². The van der Waals surface area contributed by atoms with Gasteiger partial charge in [-0.2, -0.15) is 0 Å². The summed E-state index contributed by atoms with van der Waals surface area (Å²) in [6.07, 6.45) is 1.18. The van der Waals surface area contributed by atoms with Crippen LogP contribution in [0.2, 0.25) is 0 Å². The summed E-state index contributed by atoms with van der Waals surface area (Å²) in [7, 11) is -3.09. The van der Waals surface area contributed by atoms with Gasteiger partial charge in [-0.3, -0.25) is 9.59 Å². The molecule has 0 spiro atoms. The van der Waals surface area contributed by atoms with Crippen molar-refractivity contribution in [3.8, 4) is 0 Å². The lowest BCUT2D eigenvalue weighted by atomic mass is 10.1. The summed E-state index contributed by atoms with van der Waals surface area (Å²) in [5.41, 5.74) is 0.587. The van der Waals surface area contributed by atoms with Gasteiger partial charge in [-0.1, -0.05) is 25.1 Å². The molecule has 7 heteroatoms. The maximum Gasteiger partial charge on any atom is 0.255 e. The topological polar surface area (TPSA) is 87.3 Å². The van der Waals surface area contributed by atoms with E-state index in [2.05, 4.69) is 4.98 Å². The van der Waals surface area contributed by atoms with E-state index in [9.17, 15) is 18.0 Å². The highest BCUT2D eigenvalue weighted by atomic mass is 32.2. The number of carbonyl (C=O) groups is 1. The van der Waals surface area contributed by atoms with Crippen LogP contribution in [0.4, 0.5) is 0 Å². The molecule has 6 nitrogen and oxygen atoms in total. The van der Waals surface area contributed by atoms with Crippen LogP contribution >= 0.6 is 0 Å². The van der Waals surface area contributed by atoms with Gasteiger partial charge in [-0.25, -0.2) is 8.42 Å². The van der Waals surface area contributed by atoms with Gasteiger partial charge < -0.3 is 9.88 Å². The van der Waals surface area contributed by atoms with Crippen LogP contribution in [-0.4, -0.2) is 48.3 Å². The van der Waals surface area contributed by atoms with E-state index >= 15 is 0 Å². The van der Waals surface area contributed by atoms with Gasteiger partial charge in [0.1, 0.15) is 0 Å². The molecule has 0 unspecified atom stereocenters. The zero-order valence-electron chi connectivity index (χ0n) is 13.5. The third-order valence-corrected chi connectivity index (χ3v) is 6.11. The second-order valence-corrected chi connectivity index (χ2v) is 8.38. The number of carbonyl (C=O) groups excluding carboxylic acids is 1. The Balaban J connectivity index is 2.04. The molecule has 1 aromatic heterocycles. The van der Waals surface area contributed by atoms with Gasteiger partial charge in [0.15, 0.2) is 9.84 Å². The molecule has 1 saturated heterocycles. The first kappa shape index (κ1) is 16.7. The minimum Gasteiger partial charge on any atom is -0.335 e. The fourth-order valence-electron chi connectivity index (χ4n) is 3.25. The molecular formula is C17H20N2O4S. The lowest BCUT2D eigenvalue weighted by Gasteiger charge is -2.28. The Hall–Kier alpha value is -2.15. The summed E-state index contributed by atoms with van der Waals surface area (Å²) < 4.78 is 23.6. The first-order valence-electron chi connectivity index (χ1n) is 8.05. The maximum atomic E-state index is 13.1. The van der Waals surface area contributed by atoms with Crippen LogP contribution in [0.25, 0.3) is 10.9 Å². The number of hydrogen-bond acceptors (Lipinski definition) is 4.